The summed E-state index contributed by atoms with van der Waals surface area (Å²) in [6.07, 6.45) is 1.66. The van der Waals surface area contributed by atoms with Gasteiger partial charge in [0.05, 0.1) is 5.88 Å². The molecule has 15 heavy (non-hydrogen) atoms. The number of rotatable bonds is 4. The van der Waals surface area contributed by atoms with Crippen LogP contribution in [0.25, 0.3) is 0 Å². The van der Waals surface area contributed by atoms with Crippen molar-refractivity contribution in [1.82, 2.24) is 5.32 Å². The van der Waals surface area contributed by atoms with Gasteiger partial charge in [-0.2, -0.15) is 0 Å². The first-order valence-corrected chi connectivity index (χ1v) is 5.10. The van der Waals surface area contributed by atoms with Crippen molar-refractivity contribution in [3.63, 3.8) is 0 Å². The van der Waals surface area contributed by atoms with Gasteiger partial charge >= 0.3 is 5.97 Å². The summed E-state index contributed by atoms with van der Waals surface area (Å²) < 4.78 is 0. The maximum Gasteiger partial charge on any atom is 0.332 e. The van der Waals surface area contributed by atoms with Crippen LogP contribution in [-0.2, 0) is 9.59 Å². The fraction of sp³-hybridized carbons (Fsp3) is 0.400. The van der Waals surface area contributed by atoms with Gasteiger partial charge < -0.3 is 10.4 Å². The lowest BCUT2D eigenvalue weighted by Gasteiger charge is -2.06. The lowest BCUT2D eigenvalue weighted by Crippen LogP contribution is -2.25. The van der Waals surface area contributed by atoms with Gasteiger partial charge in [-0.1, -0.05) is 6.58 Å². The van der Waals surface area contributed by atoms with Crippen LogP contribution < -0.4 is 5.32 Å². The van der Waals surface area contributed by atoms with Gasteiger partial charge in [-0.25, -0.2) is 4.79 Å². The van der Waals surface area contributed by atoms with Crippen LogP contribution in [0.1, 0.15) is 19.3 Å². The van der Waals surface area contributed by atoms with Crippen molar-refractivity contribution < 1.29 is 14.7 Å². The van der Waals surface area contributed by atoms with Crippen LogP contribution in [0.5, 0.6) is 0 Å². The number of carbonyl (C=O) groups is 2. The maximum atomic E-state index is 11.6. The molecule has 82 valence electrons. The number of allylic oxidation sites excluding steroid dienone is 1. The number of alkyl halides is 1. The molecular weight excluding hydrogens is 218 g/mol. The van der Waals surface area contributed by atoms with Crippen LogP contribution in [0.3, 0.4) is 0 Å². The van der Waals surface area contributed by atoms with Crippen LogP contribution in [0, 0.1) is 0 Å². The van der Waals surface area contributed by atoms with Crippen LogP contribution >= 0.6 is 11.6 Å². The lowest BCUT2D eigenvalue weighted by atomic mass is 10.1. The molecule has 0 saturated carbocycles. The molecule has 0 atom stereocenters. The van der Waals surface area contributed by atoms with Crippen molar-refractivity contribution in [3.8, 4) is 0 Å². The Balaban J connectivity index is 2.78. The first-order chi connectivity index (χ1) is 7.06. The number of hydrogen-bond donors (Lipinski definition) is 2. The van der Waals surface area contributed by atoms with Gasteiger partial charge in [0, 0.05) is 16.8 Å². The minimum atomic E-state index is -1.02. The summed E-state index contributed by atoms with van der Waals surface area (Å²) in [6, 6.07) is 0. The van der Waals surface area contributed by atoms with Gasteiger partial charge in [-0.05, 0) is 19.3 Å². The molecule has 0 aromatic carbocycles. The molecule has 1 aliphatic carbocycles. The molecule has 0 spiro atoms. The standard InChI is InChI=1S/C10H12ClNO3/c1-6(5-11)12-9(13)7-3-2-4-8(7)10(14)15/h1-5H2,(H,12,13)(H,14,15). The molecule has 1 amide bonds. The highest BCUT2D eigenvalue weighted by atomic mass is 35.5. The van der Waals surface area contributed by atoms with Crippen LogP contribution in [0.4, 0.5) is 0 Å². The van der Waals surface area contributed by atoms with Crippen molar-refractivity contribution in [2.45, 2.75) is 19.3 Å². The summed E-state index contributed by atoms with van der Waals surface area (Å²) in [6.45, 7) is 3.52. The Hall–Kier alpha value is -1.29. The summed E-state index contributed by atoms with van der Waals surface area (Å²) in [4.78, 5) is 22.4. The molecule has 1 rings (SSSR count). The van der Waals surface area contributed by atoms with Crippen molar-refractivity contribution in [3.05, 3.63) is 23.4 Å². The number of nitrogens with one attached hydrogen (secondary N) is 1. The van der Waals surface area contributed by atoms with Gasteiger partial charge in [-0.3, -0.25) is 4.79 Å². The molecule has 0 heterocycles. The van der Waals surface area contributed by atoms with E-state index < -0.39 is 11.9 Å². The fourth-order valence-electron chi connectivity index (χ4n) is 1.50. The van der Waals surface area contributed by atoms with E-state index in [1.165, 1.54) is 0 Å². The summed E-state index contributed by atoms with van der Waals surface area (Å²) in [5.74, 6) is -1.29. The highest BCUT2D eigenvalue weighted by Gasteiger charge is 2.25. The number of aliphatic carboxylic acids is 1. The predicted octanol–water partition coefficient (Wildman–Crippen LogP) is 1.42. The predicted molar refractivity (Wildman–Crippen MR) is 56.5 cm³/mol. The largest absolute Gasteiger partial charge is 0.478 e. The van der Waals surface area contributed by atoms with Crippen molar-refractivity contribution in [2.24, 2.45) is 0 Å². The van der Waals surface area contributed by atoms with E-state index in [-0.39, 0.29) is 11.5 Å². The Bertz CT molecular complexity index is 347. The zero-order valence-electron chi connectivity index (χ0n) is 8.18. The van der Waals surface area contributed by atoms with E-state index in [4.69, 9.17) is 16.7 Å². The molecule has 0 aromatic heterocycles. The summed E-state index contributed by atoms with van der Waals surface area (Å²) >= 11 is 5.46. The molecule has 2 N–H and O–H groups in total. The third kappa shape index (κ3) is 2.83. The number of halogens is 1. The highest BCUT2D eigenvalue weighted by Crippen LogP contribution is 2.26. The van der Waals surface area contributed by atoms with Crippen LogP contribution in [-0.4, -0.2) is 22.9 Å². The average Bonchev–Trinajstić information content (AvgIpc) is 2.65. The Morgan fingerprint density at radius 2 is 2.00 bits per heavy atom. The van der Waals surface area contributed by atoms with E-state index in [0.717, 1.165) is 0 Å². The van der Waals surface area contributed by atoms with E-state index in [0.29, 0.717) is 30.5 Å². The summed E-state index contributed by atoms with van der Waals surface area (Å²) in [5, 5.41) is 11.3. The Labute approximate surface area is 92.6 Å². The molecule has 5 heteroatoms. The number of carboxylic acid groups (broad SMARTS) is 1. The van der Waals surface area contributed by atoms with Crippen LogP contribution in [0.15, 0.2) is 23.4 Å². The lowest BCUT2D eigenvalue weighted by molar-refractivity contribution is -0.133. The van der Waals surface area contributed by atoms with Gasteiger partial charge in [0.2, 0.25) is 0 Å². The topological polar surface area (TPSA) is 66.4 Å². The zero-order valence-corrected chi connectivity index (χ0v) is 8.93. The molecule has 1 aliphatic rings. The molecule has 0 bridgehead atoms. The van der Waals surface area contributed by atoms with Crippen LogP contribution in [0.2, 0.25) is 0 Å². The Morgan fingerprint density at radius 3 is 2.53 bits per heavy atom. The van der Waals surface area contributed by atoms with E-state index in [9.17, 15) is 9.59 Å². The zero-order chi connectivity index (χ0) is 11.4. The van der Waals surface area contributed by atoms with E-state index in [1.807, 2.05) is 0 Å². The smallest absolute Gasteiger partial charge is 0.332 e. The van der Waals surface area contributed by atoms with E-state index in [2.05, 4.69) is 11.9 Å². The Morgan fingerprint density at radius 1 is 1.40 bits per heavy atom. The maximum absolute atomic E-state index is 11.6. The first-order valence-electron chi connectivity index (χ1n) is 4.56. The second-order valence-corrected chi connectivity index (χ2v) is 3.57. The molecule has 0 unspecified atom stereocenters. The summed E-state index contributed by atoms with van der Waals surface area (Å²) in [5.41, 5.74) is 0.925. The molecular formula is C10H12ClNO3. The molecule has 4 nitrogen and oxygen atoms in total. The first kappa shape index (κ1) is 11.8. The van der Waals surface area contributed by atoms with E-state index in [1.54, 1.807) is 0 Å². The molecule has 0 radical (unpaired) electrons. The van der Waals surface area contributed by atoms with Gasteiger partial charge in [0.25, 0.3) is 5.91 Å². The average molecular weight is 230 g/mol. The van der Waals surface area contributed by atoms with E-state index >= 15 is 0 Å². The molecule has 0 fully saturated rings. The van der Waals surface area contributed by atoms with Crippen molar-refractivity contribution >= 4 is 23.5 Å². The minimum absolute atomic E-state index is 0.126. The molecule has 0 aliphatic heterocycles. The highest BCUT2D eigenvalue weighted by molar-refractivity contribution is 6.19. The quantitative estimate of drug-likeness (QED) is 0.717. The number of hydrogen-bond acceptors (Lipinski definition) is 2. The normalized spacial score (nSPS) is 15.3. The number of amides is 1. The number of carboxylic acids is 1. The fourth-order valence-corrected chi connectivity index (χ4v) is 1.57. The second kappa shape index (κ2) is 4.98. The third-order valence-corrected chi connectivity index (χ3v) is 2.52. The van der Waals surface area contributed by atoms with Crippen molar-refractivity contribution in [1.29, 1.82) is 0 Å². The minimum Gasteiger partial charge on any atom is -0.478 e. The van der Waals surface area contributed by atoms with Gasteiger partial charge in [-0.15, -0.1) is 11.6 Å². The Kier molecular flexibility index (Phi) is 3.91. The SMILES string of the molecule is C=C(CCl)NC(=O)C1=C(C(=O)O)CCC1. The van der Waals surface area contributed by atoms with Gasteiger partial charge in [0.15, 0.2) is 0 Å². The molecule has 0 aromatic rings. The van der Waals surface area contributed by atoms with Crippen molar-refractivity contribution in [2.75, 3.05) is 5.88 Å². The number of carbonyl (C=O) groups excluding carboxylic acids is 1. The third-order valence-electron chi connectivity index (χ3n) is 2.20. The molecule has 0 saturated heterocycles. The summed E-state index contributed by atoms with van der Waals surface area (Å²) in [7, 11) is 0. The monoisotopic (exact) mass is 229 g/mol. The second-order valence-electron chi connectivity index (χ2n) is 3.31. The van der Waals surface area contributed by atoms with Gasteiger partial charge in [0.1, 0.15) is 0 Å².